The number of hydrogen-bond donors (Lipinski definition) is 2. The first-order valence-corrected chi connectivity index (χ1v) is 6.06. The summed E-state index contributed by atoms with van der Waals surface area (Å²) in [5, 5.41) is 6.06. The van der Waals surface area contributed by atoms with Crippen LogP contribution < -0.4 is 10.6 Å². The molecule has 0 bridgehead atoms. The third-order valence-corrected chi connectivity index (χ3v) is 3.20. The first-order valence-electron chi connectivity index (χ1n) is 4.90. The minimum absolute atomic E-state index is 0.112. The van der Waals surface area contributed by atoms with Crippen molar-refractivity contribution in [2.45, 2.75) is 25.8 Å². The van der Waals surface area contributed by atoms with Gasteiger partial charge in [-0.3, -0.25) is 4.79 Å². The maximum atomic E-state index is 11.1. The van der Waals surface area contributed by atoms with E-state index in [4.69, 9.17) is 0 Å². The summed E-state index contributed by atoms with van der Waals surface area (Å²) >= 11 is 2.00. The van der Waals surface area contributed by atoms with Crippen LogP contribution in [-0.2, 0) is 4.79 Å². The van der Waals surface area contributed by atoms with E-state index in [1.54, 1.807) is 0 Å². The molecule has 0 aliphatic carbocycles. The van der Waals surface area contributed by atoms with Gasteiger partial charge in [0.1, 0.15) is 0 Å². The molecule has 1 aliphatic heterocycles. The predicted octanol–water partition coefficient (Wildman–Crippen LogP) is 0.608. The van der Waals surface area contributed by atoms with Crippen LogP contribution in [0.4, 0.5) is 0 Å². The van der Waals surface area contributed by atoms with Gasteiger partial charge in [0.2, 0.25) is 5.91 Å². The van der Waals surface area contributed by atoms with Gasteiger partial charge in [0.25, 0.3) is 0 Å². The maximum Gasteiger partial charge on any atom is 0.233 e. The largest absolute Gasteiger partial charge is 0.355 e. The Morgan fingerprint density at radius 2 is 2.15 bits per heavy atom. The molecule has 13 heavy (non-hydrogen) atoms. The molecule has 3 nitrogen and oxygen atoms in total. The van der Waals surface area contributed by atoms with E-state index in [1.165, 1.54) is 24.3 Å². The van der Waals surface area contributed by atoms with Crippen LogP contribution in [0.3, 0.4) is 0 Å². The second kappa shape index (κ2) is 6.27. The number of carbonyl (C=O) groups is 1. The van der Waals surface area contributed by atoms with Gasteiger partial charge < -0.3 is 10.6 Å². The lowest BCUT2D eigenvalue weighted by Gasteiger charge is -2.22. The summed E-state index contributed by atoms with van der Waals surface area (Å²) < 4.78 is 0. The molecule has 0 aromatic carbocycles. The van der Waals surface area contributed by atoms with E-state index in [1.807, 2.05) is 18.7 Å². The molecule has 0 atom stereocenters. The van der Waals surface area contributed by atoms with Crippen LogP contribution in [0.25, 0.3) is 0 Å². The summed E-state index contributed by atoms with van der Waals surface area (Å²) in [6.07, 6.45) is 2.40. The molecular weight excluding hydrogens is 184 g/mol. The topological polar surface area (TPSA) is 41.1 Å². The van der Waals surface area contributed by atoms with Gasteiger partial charge in [-0.25, -0.2) is 0 Å². The molecule has 1 fully saturated rings. The van der Waals surface area contributed by atoms with Crippen LogP contribution in [0, 0.1) is 0 Å². The summed E-state index contributed by atoms with van der Waals surface area (Å²) in [7, 11) is 0. The second-order valence-corrected chi connectivity index (χ2v) is 4.45. The summed E-state index contributed by atoms with van der Waals surface area (Å²) in [6, 6.07) is 0.559. The van der Waals surface area contributed by atoms with E-state index in [2.05, 4.69) is 10.6 Å². The van der Waals surface area contributed by atoms with Crippen LogP contribution in [0.2, 0.25) is 0 Å². The lowest BCUT2D eigenvalue weighted by molar-refractivity contribution is -0.120. The van der Waals surface area contributed by atoms with E-state index in [0.717, 1.165) is 6.54 Å². The fraction of sp³-hybridized carbons (Fsp3) is 0.889. The number of rotatable bonds is 4. The molecule has 0 unspecified atom stereocenters. The van der Waals surface area contributed by atoms with Gasteiger partial charge in [-0.1, -0.05) is 0 Å². The van der Waals surface area contributed by atoms with Gasteiger partial charge in [-0.05, 0) is 31.3 Å². The molecule has 0 aromatic heterocycles. The average molecular weight is 202 g/mol. The Morgan fingerprint density at radius 3 is 2.77 bits per heavy atom. The zero-order valence-corrected chi connectivity index (χ0v) is 8.95. The van der Waals surface area contributed by atoms with Crippen LogP contribution >= 0.6 is 11.8 Å². The smallest absolute Gasteiger partial charge is 0.233 e. The second-order valence-electron chi connectivity index (χ2n) is 3.22. The van der Waals surface area contributed by atoms with Crippen LogP contribution in [0.5, 0.6) is 0 Å². The lowest BCUT2D eigenvalue weighted by atomic mass is 10.1. The van der Waals surface area contributed by atoms with E-state index in [9.17, 15) is 4.79 Å². The van der Waals surface area contributed by atoms with Crippen LogP contribution in [0.15, 0.2) is 0 Å². The van der Waals surface area contributed by atoms with Crippen molar-refractivity contribution in [3.05, 3.63) is 0 Å². The first kappa shape index (κ1) is 10.9. The van der Waals surface area contributed by atoms with Gasteiger partial charge in [0, 0.05) is 12.6 Å². The molecule has 1 heterocycles. The number of hydrogen-bond acceptors (Lipinski definition) is 3. The number of carbonyl (C=O) groups excluding carboxylic acids is 1. The number of likely N-dealkylation sites (N-methyl/N-ethyl adjacent to an activating group) is 1. The lowest BCUT2D eigenvalue weighted by Crippen LogP contribution is -2.40. The fourth-order valence-corrected chi connectivity index (χ4v) is 2.50. The van der Waals surface area contributed by atoms with Crippen LogP contribution in [0.1, 0.15) is 19.8 Å². The number of nitrogens with one attached hydrogen (secondary N) is 2. The molecule has 76 valence electrons. The Hall–Kier alpha value is -0.220. The van der Waals surface area contributed by atoms with E-state index < -0.39 is 0 Å². The van der Waals surface area contributed by atoms with Gasteiger partial charge in [0.15, 0.2) is 0 Å². The Bertz CT molecular complexity index is 158. The van der Waals surface area contributed by atoms with Gasteiger partial charge in [-0.15, -0.1) is 0 Å². The molecule has 1 saturated heterocycles. The zero-order valence-electron chi connectivity index (χ0n) is 8.14. The van der Waals surface area contributed by atoms with Crippen molar-refractivity contribution in [1.82, 2.24) is 10.6 Å². The van der Waals surface area contributed by atoms with Crippen molar-refractivity contribution in [2.24, 2.45) is 0 Å². The Kier molecular flexibility index (Phi) is 5.23. The monoisotopic (exact) mass is 202 g/mol. The van der Waals surface area contributed by atoms with Crippen molar-refractivity contribution in [3.63, 3.8) is 0 Å². The van der Waals surface area contributed by atoms with Crippen LogP contribution in [-0.4, -0.2) is 36.5 Å². The van der Waals surface area contributed by atoms with E-state index in [-0.39, 0.29) is 5.91 Å². The molecule has 0 radical (unpaired) electrons. The molecule has 1 aliphatic rings. The van der Waals surface area contributed by atoms with Crippen molar-refractivity contribution in [3.8, 4) is 0 Å². The first-order chi connectivity index (χ1) is 6.33. The SMILES string of the molecule is CCNC(=O)CNC1CCSCC1. The quantitative estimate of drug-likeness (QED) is 0.702. The number of amides is 1. The van der Waals surface area contributed by atoms with Crippen molar-refractivity contribution in [2.75, 3.05) is 24.6 Å². The molecule has 2 N–H and O–H groups in total. The molecular formula is C9H18N2OS. The van der Waals surface area contributed by atoms with Gasteiger partial charge >= 0.3 is 0 Å². The minimum Gasteiger partial charge on any atom is -0.355 e. The maximum absolute atomic E-state index is 11.1. The summed E-state index contributed by atoms with van der Waals surface area (Å²) in [4.78, 5) is 11.1. The predicted molar refractivity (Wildman–Crippen MR) is 57.0 cm³/mol. The van der Waals surface area contributed by atoms with Gasteiger partial charge in [-0.2, -0.15) is 11.8 Å². The molecule has 0 spiro atoms. The third kappa shape index (κ3) is 4.52. The van der Waals surface area contributed by atoms with E-state index in [0.29, 0.717) is 12.6 Å². The van der Waals surface area contributed by atoms with Crippen molar-refractivity contribution in [1.29, 1.82) is 0 Å². The third-order valence-electron chi connectivity index (χ3n) is 2.15. The minimum atomic E-state index is 0.112. The van der Waals surface area contributed by atoms with Gasteiger partial charge in [0.05, 0.1) is 6.54 Å². The zero-order chi connectivity index (χ0) is 9.52. The highest BCUT2D eigenvalue weighted by Gasteiger charge is 2.13. The normalized spacial score (nSPS) is 18.5. The molecule has 1 rings (SSSR count). The highest BCUT2D eigenvalue weighted by atomic mass is 32.2. The summed E-state index contributed by atoms with van der Waals surface area (Å²) in [5.74, 6) is 2.57. The Morgan fingerprint density at radius 1 is 1.46 bits per heavy atom. The molecule has 4 heteroatoms. The highest BCUT2D eigenvalue weighted by molar-refractivity contribution is 7.99. The molecule has 1 amide bonds. The summed E-state index contributed by atoms with van der Waals surface area (Å²) in [5.41, 5.74) is 0. The van der Waals surface area contributed by atoms with Crippen molar-refractivity contribution >= 4 is 17.7 Å². The fourth-order valence-electron chi connectivity index (χ4n) is 1.40. The van der Waals surface area contributed by atoms with Crippen molar-refractivity contribution < 1.29 is 4.79 Å². The molecule has 0 aromatic rings. The average Bonchev–Trinajstić information content (AvgIpc) is 2.17. The van der Waals surface area contributed by atoms with E-state index >= 15 is 0 Å². The standard InChI is InChI=1S/C9H18N2OS/c1-2-10-9(12)7-11-8-3-5-13-6-4-8/h8,11H,2-7H2,1H3,(H,10,12). The Balaban J connectivity index is 2.06. The Labute approximate surface area is 84.0 Å². The number of thioether (sulfide) groups is 1. The highest BCUT2D eigenvalue weighted by Crippen LogP contribution is 2.16. The summed E-state index contributed by atoms with van der Waals surface area (Å²) in [6.45, 7) is 3.14. The molecule has 0 saturated carbocycles.